The number of methoxy groups -OCH3 is 1. The SMILES string of the molecule is COc1nc(-c2cccc(-c3cc(F)cc(NC(=O)C4=NN(C)C(=O)N(C)C4)c3C)c2Cl)cc2c1[C@@H](NC[C@@H]1CCC(=O)N1)CC2. The van der Waals surface area contributed by atoms with Crippen LogP contribution in [0.4, 0.5) is 14.9 Å². The molecule has 6 rings (SSSR count). The molecular formula is C33H35ClFN7O4. The summed E-state index contributed by atoms with van der Waals surface area (Å²) in [6.07, 6.45) is 3.07. The van der Waals surface area contributed by atoms with Crippen LogP contribution in [-0.4, -0.2) is 78.8 Å². The molecule has 1 saturated heterocycles. The number of amides is 4. The number of benzene rings is 2. The smallest absolute Gasteiger partial charge is 0.340 e. The van der Waals surface area contributed by atoms with Crippen molar-refractivity contribution in [2.75, 3.05) is 39.6 Å². The van der Waals surface area contributed by atoms with Gasteiger partial charge in [-0.05, 0) is 61.1 Å². The summed E-state index contributed by atoms with van der Waals surface area (Å²) in [5, 5.41) is 14.9. The van der Waals surface area contributed by atoms with Crippen LogP contribution in [-0.2, 0) is 16.0 Å². The van der Waals surface area contributed by atoms with Crippen LogP contribution in [0.2, 0.25) is 5.02 Å². The maximum absolute atomic E-state index is 15.0. The van der Waals surface area contributed by atoms with E-state index in [4.69, 9.17) is 21.3 Å². The third-order valence-corrected chi connectivity index (χ3v) is 9.16. The van der Waals surface area contributed by atoms with Crippen LogP contribution >= 0.6 is 11.6 Å². The average Bonchev–Trinajstić information content (AvgIpc) is 3.65. The third kappa shape index (κ3) is 6.02. The van der Waals surface area contributed by atoms with Crippen molar-refractivity contribution >= 4 is 40.8 Å². The topological polar surface area (TPSA) is 128 Å². The summed E-state index contributed by atoms with van der Waals surface area (Å²) in [7, 11) is 4.63. The molecule has 0 unspecified atom stereocenters. The molecule has 11 nitrogen and oxygen atoms in total. The summed E-state index contributed by atoms with van der Waals surface area (Å²) in [6, 6.07) is 9.98. The Labute approximate surface area is 271 Å². The van der Waals surface area contributed by atoms with E-state index in [2.05, 4.69) is 21.1 Å². The largest absolute Gasteiger partial charge is 0.481 e. The monoisotopic (exact) mass is 647 g/mol. The Morgan fingerprint density at radius 3 is 2.63 bits per heavy atom. The number of pyridine rings is 1. The molecule has 3 N–H and O–H groups in total. The van der Waals surface area contributed by atoms with Gasteiger partial charge in [0.05, 0.1) is 24.4 Å². The lowest BCUT2D eigenvalue weighted by atomic mass is 9.95. The fourth-order valence-corrected chi connectivity index (χ4v) is 6.68. The first-order valence-corrected chi connectivity index (χ1v) is 15.5. The molecule has 2 atom stereocenters. The zero-order chi connectivity index (χ0) is 32.7. The summed E-state index contributed by atoms with van der Waals surface area (Å²) in [5.74, 6) is -0.499. The fourth-order valence-electron chi connectivity index (χ4n) is 6.35. The van der Waals surface area contributed by atoms with Crippen molar-refractivity contribution in [3.63, 3.8) is 0 Å². The molecule has 0 saturated carbocycles. The van der Waals surface area contributed by atoms with Crippen LogP contribution < -0.4 is 20.7 Å². The van der Waals surface area contributed by atoms with Crippen molar-refractivity contribution in [3.05, 3.63) is 63.9 Å². The number of rotatable bonds is 8. The number of halogens is 2. The van der Waals surface area contributed by atoms with Gasteiger partial charge in [-0.2, -0.15) is 5.10 Å². The molecule has 2 aliphatic heterocycles. The van der Waals surface area contributed by atoms with E-state index in [1.54, 1.807) is 27.1 Å². The number of anilines is 1. The second-order valence-corrected chi connectivity index (χ2v) is 12.2. The molecule has 0 spiro atoms. The van der Waals surface area contributed by atoms with Gasteiger partial charge in [0.25, 0.3) is 5.91 Å². The Bertz CT molecular complexity index is 1780. The van der Waals surface area contributed by atoms with E-state index in [0.717, 1.165) is 35.4 Å². The van der Waals surface area contributed by atoms with Crippen molar-refractivity contribution in [1.82, 2.24) is 25.5 Å². The minimum absolute atomic E-state index is 0.0247. The molecule has 4 amide bonds. The van der Waals surface area contributed by atoms with Gasteiger partial charge in [0.15, 0.2) is 0 Å². The Morgan fingerprint density at radius 2 is 1.91 bits per heavy atom. The molecule has 3 heterocycles. The summed E-state index contributed by atoms with van der Waals surface area (Å²) in [4.78, 5) is 42.9. The standard InChI is InChI=1S/C33H35ClFN7O4/c1-17-23(13-19(35)14-25(17)38-31(44)27-16-41(2)33(45)42(3)40-27)21-6-5-7-22(30(21)34)26-12-18-8-10-24(29(18)32(39-26)46-4)36-15-20-9-11-28(43)37-20/h5-7,12-14,20,24,36H,8-11,15-16H2,1-4H3,(H,37,43)(H,38,44)/t20-,24-/m0/s1. The number of aryl methyl sites for hydroxylation is 1. The van der Waals surface area contributed by atoms with Crippen molar-refractivity contribution in [1.29, 1.82) is 0 Å². The lowest BCUT2D eigenvalue weighted by molar-refractivity contribution is -0.119. The van der Waals surface area contributed by atoms with E-state index in [1.807, 2.05) is 18.2 Å². The molecule has 1 aliphatic carbocycles. The van der Waals surface area contributed by atoms with Crippen molar-refractivity contribution in [2.24, 2.45) is 5.10 Å². The number of hydrazone groups is 1. The summed E-state index contributed by atoms with van der Waals surface area (Å²) in [5.41, 5.74) is 5.47. The minimum atomic E-state index is -0.555. The number of carbonyl (C=O) groups excluding carboxylic acids is 3. The highest BCUT2D eigenvalue weighted by atomic mass is 35.5. The fraction of sp³-hybridized carbons (Fsp3) is 0.364. The number of fused-ring (bicyclic) bond motifs is 1. The number of hydrogen-bond donors (Lipinski definition) is 3. The zero-order valence-electron chi connectivity index (χ0n) is 26.0. The molecule has 13 heteroatoms. The van der Waals surface area contributed by atoms with Crippen molar-refractivity contribution in [3.8, 4) is 28.3 Å². The van der Waals surface area contributed by atoms with Gasteiger partial charge in [0.2, 0.25) is 11.8 Å². The summed E-state index contributed by atoms with van der Waals surface area (Å²) < 4.78 is 20.8. The number of aromatic nitrogens is 1. The Balaban J connectivity index is 1.29. The molecule has 0 radical (unpaired) electrons. The van der Waals surface area contributed by atoms with Gasteiger partial charge in [0, 0.05) is 61.5 Å². The number of urea groups is 1. The zero-order valence-corrected chi connectivity index (χ0v) is 26.8. The number of nitrogens with zero attached hydrogens (tertiary/aromatic N) is 4. The predicted octanol–water partition coefficient (Wildman–Crippen LogP) is 4.67. The minimum Gasteiger partial charge on any atom is -0.481 e. The molecule has 1 aromatic heterocycles. The number of ether oxygens (including phenoxy) is 1. The van der Waals surface area contributed by atoms with E-state index >= 15 is 4.39 Å². The lowest BCUT2D eigenvalue weighted by Crippen LogP contribution is -2.47. The van der Waals surface area contributed by atoms with Crippen LogP contribution in [0, 0.1) is 12.7 Å². The maximum Gasteiger partial charge on any atom is 0.340 e. The number of hydrogen-bond acceptors (Lipinski definition) is 7. The van der Waals surface area contributed by atoms with Crippen LogP contribution in [0.3, 0.4) is 0 Å². The first kappa shape index (κ1) is 31.4. The van der Waals surface area contributed by atoms with Gasteiger partial charge >= 0.3 is 6.03 Å². The maximum atomic E-state index is 15.0. The number of nitrogens with one attached hydrogen (secondary N) is 3. The lowest BCUT2D eigenvalue weighted by Gasteiger charge is -2.27. The van der Waals surface area contributed by atoms with Gasteiger partial charge in [-0.15, -0.1) is 0 Å². The van der Waals surface area contributed by atoms with Gasteiger partial charge in [0.1, 0.15) is 11.5 Å². The van der Waals surface area contributed by atoms with Crippen LogP contribution in [0.25, 0.3) is 22.4 Å². The van der Waals surface area contributed by atoms with Crippen LogP contribution in [0.1, 0.15) is 42.0 Å². The van der Waals surface area contributed by atoms with Crippen molar-refractivity contribution < 1.29 is 23.5 Å². The first-order chi connectivity index (χ1) is 22.0. The second-order valence-electron chi connectivity index (χ2n) is 11.8. The molecule has 3 aromatic rings. The predicted molar refractivity (Wildman–Crippen MR) is 173 cm³/mol. The van der Waals surface area contributed by atoms with Gasteiger partial charge in [-0.1, -0.05) is 29.8 Å². The van der Waals surface area contributed by atoms with E-state index < -0.39 is 11.7 Å². The summed E-state index contributed by atoms with van der Waals surface area (Å²) in [6.45, 7) is 2.47. The normalized spacial score (nSPS) is 19.2. The highest BCUT2D eigenvalue weighted by Gasteiger charge is 2.31. The van der Waals surface area contributed by atoms with E-state index in [9.17, 15) is 14.4 Å². The van der Waals surface area contributed by atoms with Crippen molar-refractivity contribution in [2.45, 2.75) is 44.7 Å². The van der Waals surface area contributed by atoms with E-state index in [-0.39, 0.29) is 42.0 Å². The Morgan fingerprint density at radius 1 is 1.13 bits per heavy atom. The molecule has 0 bridgehead atoms. The quantitative estimate of drug-likeness (QED) is 0.326. The number of carbonyl (C=O) groups is 3. The second kappa shape index (κ2) is 12.7. The highest BCUT2D eigenvalue weighted by Crippen LogP contribution is 2.43. The molecule has 2 aromatic carbocycles. The van der Waals surface area contributed by atoms with Gasteiger partial charge < -0.3 is 25.6 Å². The Hall–Kier alpha value is -4.55. The van der Waals surface area contributed by atoms with Crippen LogP contribution in [0.5, 0.6) is 5.88 Å². The average molecular weight is 648 g/mol. The molecule has 240 valence electrons. The van der Waals surface area contributed by atoms with E-state index in [1.165, 1.54) is 24.1 Å². The highest BCUT2D eigenvalue weighted by molar-refractivity contribution is 6.44. The van der Waals surface area contributed by atoms with Gasteiger partial charge in [-0.25, -0.2) is 19.2 Å². The molecule has 1 fully saturated rings. The third-order valence-electron chi connectivity index (χ3n) is 8.76. The molecule has 46 heavy (non-hydrogen) atoms. The van der Waals surface area contributed by atoms with E-state index in [0.29, 0.717) is 51.8 Å². The van der Waals surface area contributed by atoms with Gasteiger partial charge in [-0.3, -0.25) is 9.59 Å². The van der Waals surface area contributed by atoms with Crippen LogP contribution in [0.15, 0.2) is 41.5 Å². The molecule has 3 aliphatic rings. The first-order valence-electron chi connectivity index (χ1n) is 15.1. The summed E-state index contributed by atoms with van der Waals surface area (Å²) >= 11 is 7.04. The molecular weight excluding hydrogens is 613 g/mol. The Kier molecular flexibility index (Phi) is 8.67.